The number of nitrogens with one attached hydrogen (secondary N) is 1. The fourth-order valence-corrected chi connectivity index (χ4v) is 4.46. The number of ether oxygens (including phenoxy) is 2. The second kappa shape index (κ2) is 8.85. The van der Waals surface area contributed by atoms with Gasteiger partial charge in [0.25, 0.3) is 0 Å². The molecule has 29 heavy (non-hydrogen) atoms. The maximum absolute atomic E-state index is 13.2. The third-order valence-corrected chi connectivity index (χ3v) is 6.11. The maximum Gasteiger partial charge on any atom is 0.223 e. The lowest BCUT2D eigenvalue weighted by molar-refractivity contribution is -0.126. The van der Waals surface area contributed by atoms with Crippen LogP contribution >= 0.6 is 0 Å². The molecule has 0 aromatic heterocycles. The van der Waals surface area contributed by atoms with Crippen LogP contribution in [-0.2, 0) is 11.2 Å². The summed E-state index contributed by atoms with van der Waals surface area (Å²) in [4.78, 5) is 12.4. The molecule has 0 radical (unpaired) electrons. The molecule has 1 aliphatic heterocycles. The van der Waals surface area contributed by atoms with Gasteiger partial charge in [-0.25, -0.2) is 4.39 Å². The van der Waals surface area contributed by atoms with Crippen LogP contribution < -0.4 is 14.8 Å². The van der Waals surface area contributed by atoms with E-state index in [9.17, 15) is 9.18 Å². The first-order valence-corrected chi connectivity index (χ1v) is 10.5. The lowest BCUT2D eigenvalue weighted by Crippen LogP contribution is -2.41. The van der Waals surface area contributed by atoms with Gasteiger partial charge in [-0.3, -0.25) is 4.79 Å². The van der Waals surface area contributed by atoms with Gasteiger partial charge in [-0.2, -0.15) is 0 Å². The van der Waals surface area contributed by atoms with E-state index in [2.05, 4.69) is 17.4 Å². The third-order valence-electron chi connectivity index (χ3n) is 6.11. The predicted octanol–water partition coefficient (Wildman–Crippen LogP) is 4.62. The molecule has 2 aromatic carbocycles. The summed E-state index contributed by atoms with van der Waals surface area (Å²) in [7, 11) is 1.66. The van der Waals surface area contributed by atoms with Crippen LogP contribution in [0.1, 0.15) is 49.1 Å². The first-order chi connectivity index (χ1) is 14.1. The second-order valence-corrected chi connectivity index (χ2v) is 8.14. The van der Waals surface area contributed by atoms with Crippen LogP contribution in [0.15, 0.2) is 42.5 Å². The Kier molecular flexibility index (Phi) is 6.02. The highest BCUT2D eigenvalue weighted by Crippen LogP contribution is 2.37. The molecule has 0 bridgehead atoms. The molecule has 2 fully saturated rings. The van der Waals surface area contributed by atoms with E-state index in [4.69, 9.17) is 9.47 Å². The number of hydrogen-bond donors (Lipinski definition) is 1. The van der Waals surface area contributed by atoms with Crippen LogP contribution in [0.4, 0.5) is 4.39 Å². The Morgan fingerprint density at radius 1 is 1.07 bits per heavy atom. The highest BCUT2D eigenvalue weighted by Gasteiger charge is 2.30. The lowest BCUT2D eigenvalue weighted by Gasteiger charge is -2.30. The summed E-state index contributed by atoms with van der Waals surface area (Å²) in [5, 5.41) is 3.05. The SMILES string of the molecule is COc1ccc([C@H]2CNC(=O)[C@@H](Cc3ccc(F)cc3)C2)cc1OC1CCCC1. The molecule has 0 unspecified atom stereocenters. The normalized spacial score (nSPS) is 22.3. The second-order valence-electron chi connectivity index (χ2n) is 8.14. The number of piperidine rings is 1. The largest absolute Gasteiger partial charge is 0.493 e. The Bertz CT molecular complexity index is 846. The Hall–Kier alpha value is -2.56. The highest BCUT2D eigenvalue weighted by molar-refractivity contribution is 5.80. The molecule has 154 valence electrons. The van der Waals surface area contributed by atoms with Gasteiger partial charge in [-0.15, -0.1) is 0 Å². The summed E-state index contributed by atoms with van der Waals surface area (Å²) >= 11 is 0. The van der Waals surface area contributed by atoms with E-state index >= 15 is 0 Å². The van der Waals surface area contributed by atoms with Gasteiger partial charge in [0.2, 0.25) is 5.91 Å². The van der Waals surface area contributed by atoms with E-state index in [0.29, 0.717) is 13.0 Å². The summed E-state index contributed by atoms with van der Waals surface area (Å²) in [5.74, 6) is 1.46. The molecule has 1 N–H and O–H groups in total. The van der Waals surface area contributed by atoms with Crippen LogP contribution in [0.2, 0.25) is 0 Å². The van der Waals surface area contributed by atoms with Crippen LogP contribution in [-0.4, -0.2) is 25.7 Å². The first-order valence-electron chi connectivity index (χ1n) is 10.5. The Labute approximate surface area is 171 Å². The summed E-state index contributed by atoms with van der Waals surface area (Å²) < 4.78 is 24.9. The number of amides is 1. The van der Waals surface area contributed by atoms with Crippen LogP contribution in [0.25, 0.3) is 0 Å². The van der Waals surface area contributed by atoms with Crippen molar-refractivity contribution in [1.29, 1.82) is 0 Å². The minimum absolute atomic E-state index is 0.0708. The zero-order valence-corrected chi connectivity index (χ0v) is 16.8. The molecule has 4 nitrogen and oxygen atoms in total. The van der Waals surface area contributed by atoms with Gasteiger partial charge >= 0.3 is 0 Å². The average Bonchev–Trinajstić information content (AvgIpc) is 3.24. The number of rotatable bonds is 6. The summed E-state index contributed by atoms with van der Waals surface area (Å²) in [6.07, 6.45) is 6.25. The van der Waals surface area contributed by atoms with E-state index < -0.39 is 0 Å². The summed E-state index contributed by atoms with van der Waals surface area (Å²) in [6, 6.07) is 12.5. The maximum atomic E-state index is 13.2. The van der Waals surface area contributed by atoms with Crippen molar-refractivity contribution in [2.45, 2.75) is 50.5 Å². The summed E-state index contributed by atoms with van der Waals surface area (Å²) in [5.41, 5.74) is 2.13. The van der Waals surface area contributed by atoms with Gasteiger partial charge in [0.05, 0.1) is 13.2 Å². The minimum Gasteiger partial charge on any atom is -0.493 e. The average molecular weight is 397 g/mol. The van der Waals surface area contributed by atoms with E-state index in [1.54, 1.807) is 19.2 Å². The zero-order chi connectivity index (χ0) is 20.2. The molecule has 5 heteroatoms. The van der Waals surface area contributed by atoms with Gasteiger partial charge in [0, 0.05) is 18.4 Å². The number of benzene rings is 2. The summed E-state index contributed by atoms with van der Waals surface area (Å²) in [6.45, 7) is 0.619. The van der Waals surface area contributed by atoms with Crippen molar-refractivity contribution >= 4 is 5.91 Å². The molecular formula is C24H28FNO3. The Balaban J connectivity index is 1.49. The number of carbonyl (C=O) groups is 1. The van der Waals surface area contributed by atoms with Gasteiger partial charge < -0.3 is 14.8 Å². The first kappa shape index (κ1) is 19.7. The van der Waals surface area contributed by atoms with Crippen LogP contribution in [0, 0.1) is 11.7 Å². The number of carbonyl (C=O) groups excluding carboxylic acids is 1. The zero-order valence-electron chi connectivity index (χ0n) is 16.8. The van der Waals surface area contributed by atoms with Gasteiger partial charge in [0.15, 0.2) is 11.5 Å². The fourth-order valence-electron chi connectivity index (χ4n) is 4.46. The smallest absolute Gasteiger partial charge is 0.223 e. The molecule has 2 atom stereocenters. The predicted molar refractivity (Wildman–Crippen MR) is 110 cm³/mol. The molecule has 1 heterocycles. The molecule has 2 aromatic rings. The topological polar surface area (TPSA) is 47.6 Å². The number of halogens is 1. The Morgan fingerprint density at radius 3 is 2.55 bits per heavy atom. The standard InChI is InChI=1S/C24H28FNO3/c1-28-22-11-8-17(14-23(22)29-21-4-2-3-5-21)19-13-18(24(27)26-15-19)12-16-6-9-20(25)10-7-16/h6-11,14,18-19,21H,2-5,12-13,15H2,1H3,(H,26,27)/t18-,19+/m0/s1. The fraction of sp³-hybridized carbons (Fsp3) is 0.458. The van der Waals surface area contributed by atoms with Crippen LogP contribution in [0.5, 0.6) is 11.5 Å². The molecule has 1 amide bonds. The molecule has 0 spiro atoms. The van der Waals surface area contributed by atoms with E-state index in [1.807, 2.05) is 6.07 Å². The monoisotopic (exact) mass is 397 g/mol. The van der Waals surface area contributed by atoms with Gasteiger partial charge in [-0.05, 0) is 73.9 Å². The van der Waals surface area contributed by atoms with Crippen molar-refractivity contribution < 1.29 is 18.7 Å². The number of hydrogen-bond acceptors (Lipinski definition) is 3. The molecule has 2 aliphatic rings. The Morgan fingerprint density at radius 2 is 1.83 bits per heavy atom. The van der Waals surface area contributed by atoms with Gasteiger partial charge in [0.1, 0.15) is 5.82 Å². The van der Waals surface area contributed by atoms with Gasteiger partial charge in [-0.1, -0.05) is 18.2 Å². The molecule has 1 aliphatic carbocycles. The van der Waals surface area contributed by atoms with Crippen molar-refractivity contribution in [1.82, 2.24) is 5.32 Å². The van der Waals surface area contributed by atoms with Crippen molar-refractivity contribution in [2.24, 2.45) is 5.92 Å². The minimum atomic E-state index is -0.257. The van der Waals surface area contributed by atoms with Crippen molar-refractivity contribution in [3.63, 3.8) is 0 Å². The number of methoxy groups -OCH3 is 1. The molecule has 1 saturated carbocycles. The third kappa shape index (κ3) is 4.72. The highest BCUT2D eigenvalue weighted by atomic mass is 19.1. The van der Waals surface area contributed by atoms with Crippen molar-refractivity contribution in [2.75, 3.05) is 13.7 Å². The van der Waals surface area contributed by atoms with Crippen molar-refractivity contribution in [3.05, 3.63) is 59.4 Å². The lowest BCUT2D eigenvalue weighted by atomic mass is 9.82. The molecule has 1 saturated heterocycles. The van der Waals surface area contributed by atoms with Crippen LogP contribution in [0.3, 0.4) is 0 Å². The van der Waals surface area contributed by atoms with E-state index in [1.165, 1.54) is 25.0 Å². The van der Waals surface area contributed by atoms with E-state index in [-0.39, 0.29) is 29.7 Å². The molecular weight excluding hydrogens is 369 g/mol. The quantitative estimate of drug-likeness (QED) is 0.774. The molecule has 4 rings (SSSR count). The van der Waals surface area contributed by atoms with E-state index in [0.717, 1.165) is 41.9 Å². The van der Waals surface area contributed by atoms with Crippen molar-refractivity contribution in [3.8, 4) is 11.5 Å².